The lowest BCUT2D eigenvalue weighted by molar-refractivity contribution is -0.116. The van der Waals surface area contributed by atoms with Gasteiger partial charge in [0.15, 0.2) is 5.82 Å². The van der Waals surface area contributed by atoms with E-state index >= 15 is 0 Å². The van der Waals surface area contributed by atoms with Crippen LogP contribution in [0, 0.1) is 5.82 Å². The van der Waals surface area contributed by atoms with Crippen molar-refractivity contribution in [2.45, 2.75) is 12.8 Å². The Morgan fingerprint density at radius 3 is 2.78 bits per heavy atom. The third kappa shape index (κ3) is 4.00. The Bertz CT molecular complexity index is 784. The summed E-state index contributed by atoms with van der Waals surface area (Å²) in [6.07, 6.45) is 4.41. The molecule has 23 heavy (non-hydrogen) atoms. The number of nitrogens with one attached hydrogen (secondary N) is 2. The van der Waals surface area contributed by atoms with Gasteiger partial charge in [0.2, 0.25) is 5.91 Å². The van der Waals surface area contributed by atoms with Crippen LogP contribution < -0.4 is 5.32 Å². The minimum absolute atomic E-state index is 0.119. The normalized spacial score (nSPS) is 10.5. The number of aryl methyl sites for hydroxylation is 1. The molecule has 116 valence electrons. The number of aromatic amines is 1. The Labute approximate surface area is 132 Å². The second-order valence-corrected chi connectivity index (χ2v) is 5.08. The first-order valence-electron chi connectivity index (χ1n) is 7.21. The summed E-state index contributed by atoms with van der Waals surface area (Å²) in [5.74, 6) is 0.0312. The van der Waals surface area contributed by atoms with Gasteiger partial charge in [0, 0.05) is 24.9 Å². The van der Waals surface area contributed by atoms with E-state index in [2.05, 4.69) is 20.5 Å². The molecule has 0 atom stereocenters. The summed E-state index contributed by atoms with van der Waals surface area (Å²) in [5.41, 5.74) is 2.53. The molecule has 0 saturated carbocycles. The molecular weight excluding hydrogens is 295 g/mol. The quantitative estimate of drug-likeness (QED) is 0.760. The average molecular weight is 310 g/mol. The molecule has 5 nitrogen and oxygen atoms in total. The van der Waals surface area contributed by atoms with Crippen LogP contribution in [0.4, 0.5) is 10.2 Å². The van der Waals surface area contributed by atoms with Gasteiger partial charge >= 0.3 is 0 Å². The SMILES string of the molecule is O=C(CCc1cccnc1)Nc1cc(-c2ccc(F)cc2)[nH]n1. The Morgan fingerprint density at radius 2 is 2.04 bits per heavy atom. The van der Waals surface area contributed by atoms with Gasteiger partial charge in [0.1, 0.15) is 5.82 Å². The van der Waals surface area contributed by atoms with Crippen molar-refractivity contribution in [3.05, 3.63) is 66.2 Å². The largest absolute Gasteiger partial charge is 0.309 e. The molecular formula is C17H15FN4O. The molecule has 0 aliphatic carbocycles. The van der Waals surface area contributed by atoms with Gasteiger partial charge < -0.3 is 5.32 Å². The zero-order chi connectivity index (χ0) is 16.1. The summed E-state index contributed by atoms with van der Waals surface area (Å²) in [6, 6.07) is 11.5. The molecule has 0 aliphatic heterocycles. The number of amides is 1. The van der Waals surface area contributed by atoms with Crippen LogP contribution in [0.25, 0.3) is 11.3 Å². The maximum absolute atomic E-state index is 12.9. The van der Waals surface area contributed by atoms with Gasteiger partial charge in [-0.15, -0.1) is 0 Å². The van der Waals surface area contributed by atoms with Crippen molar-refractivity contribution >= 4 is 11.7 Å². The van der Waals surface area contributed by atoms with Crippen LogP contribution in [-0.4, -0.2) is 21.1 Å². The zero-order valence-corrected chi connectivity index (χ0v) is 12.3. The molecule has 2 N–H and O–H groups in total. The number of aromatic nitrogens is 3. The van der Waals surface area contributed by atoms with Gasteiger partial charge in [-0.2, -0.15) is 5.10 Å². The third-order valence-corrected chi connectivity index (χ3v) is 3.36. The summed E-state index contributed by atoms with van der Waals surface area (Å²) in [5, 5.41) is 9.61. The highest BCUT2D eigenvalue weighted by molar-refractivity contribution is 5.90. The average Bonchev–Trinajstić information content (AvgIpc) is 3.03. The lowest BCUT2D eigenvalue weighted by Crippen LogP contribution is -2.12. The first-order chi connectivity index (χ1) is 11.2. The number of benzene rings is 1. The number of pyridine rings is 1. The van der Waals surface area contributed by atoms with E-state index in [0.717, 1.165) is 11.1 Å². The van der Waals surface area contributed by atoms with E-state index in [9.17, 15) is 9.18 Å². The molecule has 0 bridgehead atoms. The van der Waals surface area contributed by atoms with Gasteiger partial charge in [0.25, 0.3) is 0 Å². The van der Waals surface area contributed by atoms with Crippen molar-refractivity contribution in [3.63, 3.8) is 0 Å². The fraction of sp³-hybridized carbons (Fsp3) is 0.118. The highest BCUT2D eigenvalue weighted by atomic mass is 19.1. The van der Waals surface area contributed by atoms with Gasteiger partial charge in [-0.3, -0.25) is 14.9 Å². The number of hydrogen-bond donors (Lipinski definition) is 2. The van der Waals surface area contributed by atoms with Crippen LogP contribution in [-0.2, 0) is 11.2 Å². The molecule has 0 aliphatic rings. The molecule has 1 aromatic carbocycles. The van der Waals surface area contributed by atoms with E-state index in [1.165, 1.54) is 12.1 Å². The Balaban J connectivity index is 1.58. The molecule has 3 aromatic rings. The van der Waals surface area contributed by atoms with E-state index in [0.29, 0.717) is 24.4 Å². The summed E-state index contributed by atoms with van der Waals surface area (Å²) in [7, 11) is 0. The summed E-state index contributed by atoms with van der Waals surface area (Å²) >= 11 is 0. The van der Waals surface area contributed by atoms with E-state index in [1.54, 1.807) is 30.6 Å². The zero-order valence-electron chi connectivity index (χ0n) is 12.3. The number of H-pyrrole nitrogens is 1. The first kappa shape index (κ1) is 14.9. The number of carbonyl (C=O) groups excluding carboxylic acids is 1. The molecule has 0 radical (unpaired) electrons. The van der Waals surface area contributed by atoms with E-state index in [4.69, 9.17) is 0 Å². The predicted octanol–water partition coefficient (Wildman–Crippen LogP) is 3.18. The summed E-state index contributed by atoms with van der Waals surface area (Å²) in [4.78, 5) is 16.0. The number of rotatable bonds is 5. The summed E-state index contributed by atoms with van der Waals surface area (Å²) < 4.78 is 12.9. The predicted molar refractivity (Wildman–Crippen MR) is 85.2 cm³/mol. The highest BCUT2D eigenvalue weighted by Crippen LogP contribution is 2.20. The topological polar surface area (TPSA) is 70.7 Å². The molecule has 6 heteroatoms. The van der Waals surface area contributed by atoms with E-state index < -0.39 is 0 Å². The third-order valence-electron chi connectivity index (χ3n) is 3.36. The summed E-state index contributed by atoms with van der Waals surface area (Å²) in [6.45, 7) is 0. The highest BCUT2D eigenvalue weighted by Gasteiger charge is 2.08. The Kier molecular flexibility index (Phi) is 4.42. The van der Waals surface area contributed by atoms with Gasteiger partial charge in [-0.1, -0.05) is 6.07 Å². The number of halogens is 1. The minimum atomic E-state index is -0.294. The maximum atomic E-state index is 12.9. The molecule has 2 aromatic heterocycles. The van der Waals surface area contributed by atoms with Crippen molar-refractivity contribution < 1.29 is 9.18 Å². The number of anilines is 1. The lowest BCUT2D eigenvalue weighted by Gasteiger charge is -2.01. The van der Waals surface area contributed by atoms with Crippen molar-refractivity contribution in [1.29, 1.82) is 0 Å². The van der Waals surface area contributed by atoms with Crippen LogP contribution in [0.3, 0.4) is 0 Å². The minimum Gasteiger partial charge on any atom is -0.309 e. The molecule has 1 amide bonds. The Hall–Kier alpha value is -3.02. The van der Waals surface area contributed by atoms with Crippen LogP contribution in [0.15, 0.2) is 54.9 Å². The fourth-order valence-electron chi connectivity index (χ4n) is 2.17. The van der Waals surface area contributed by atoms with E-state index in [1.807, 2.05) is 12.1 Å². The van der Waals surface area contributed by atoms with Gasteiger partial charge in [0.05, 0.1) is 5.69 Å². The van der Waals surface area contributed by atoms with Crippen molar-refractivity contribution in [3.8, 4) is 11.3 Å². The van der Waals surface area contributed by atoms with Crippen molar-refractivity contribution in [2.24, 2.45) is 0 Å². The number of carbonyl (C=O) groups is 1. The first-order valence-corrected chi connectivity index (χ1v) is 7.21. The smallest absolute Gasteiger partial charge is 0.225 e. The molecule has 2 heterocycles. The second-order valence-electron chi connectivity index (χ2n) is 5.08. The van der Waals surface area contributed by atoms with Crippen LogP contribution in [0.2, 0.25) is 0 Å². The van der Waals surface area contributed by atoms with Crippen LogP contribution >= 0.6 is 0 Å². The van der Waals surface area contributed by atoms with Gasteiger partial charge in [-0.05, 0) is 47.9 Å². The van der Waals surface area contributed by atoms with Crippen LogP contribution in [0.5, 0.6) is 0 Å². The van der Waals surface area contributed by atoms with Crippen molar-refractivity contribution in [2.75, 3.05) is 5.32 Å². The lowest BCUT2D eigenvalue weighted by atomic mass is 10.1. The maximum Gasteiger partial charge on any atom is 0.225 e. The van der Waals surface area contributed by atoms with Gasteiger partial charge in [-0.25, -0.2) is 4.39 Å². The number of nitrogens with zero attached hydrogens (tertiary/aromatic N) is 2. The van der Waals surface area contributed by atoms with Crippen molar-refractivity contribution in [1.82, 2.24) is 15.2 Å². The molecule has 0 saturated heterocycles. The Morgan fingerprint density at radius 1 is 1.22 bits per heavy atom. The molecule has 0 fully saturated rings. The number of hydrogen-bond acceptors (Lipinski definition) is 3. The standard InChI is InChI=1S/C17H15FN4O/c18-14-6-4-13(5-7-14)15-10-16(22-21-15)20-17(23)8-3-12-2-1-9-19-11-12/h1-2,4-7,9-11H,3,8H2,(H2,20,21,22,23). The molecule has 0 spiro atoms. The molecule has 0 unspecified atom stereocenters. The molecule has 3 rings (SSSR count). The van der Waals surface area contributed by atoms with E-state index in [-0.39, 0.29) is 11.7 Å². The second kappa shape index (κ2) is 6.83. The fourth-order valence-corrected chi connectivity index (χ4v) is 2.17. The van der Waals surface area contributed by atoms with Crippen LogP contribution in [0.1, 0.15) is 12.0 Å². The monoisotopic (exact) mass is 310 g/mol.